The third-order valence-electron chi connectivity index (χ3n) is 2.44. The first-order chi connectivity index (χ1) is 7.16. The summed E-state index contributed by atoms with van der Waals surface area (Å²) in [5, 5.41) is 3.33. The molecule has 0 unspecified atom stereocenters. The van der Waals surface area contributed by atoms with Gasteiger partial charge in [-0.25, -0.2) is 0 Å². The molecule has 1 atom stereocenters. The second-order valence-electron chi connectivity index (χ2n) is 4.01. The summed E-state index contributed by atoms with van der Waals surface area (Å²) in [6.45, 7) is 7.00. The Bertz CT molecular complexity index is 350. The number of terminal acetylenes is 1. The highest BCUT2D eigenvalue weighted by Gasteiger charge is 2.17. The quantitative estimate of drug-likeness (QED) is 0.758. The number of aromatic nitrogens is 1. The van der Waals surface area contributed by atoms with Crippen molar-refractivity contribution in [2.24, 2.45) is 5.92 Å². The molecular formula is C13H18N2. The van der Waals surface area contributed by atoms with Gasteiger partial charge in [0.05, 0.1) is 18.3 Å². The largest absolute Gasteiger partial charge is 0.298 e. The molecule has 1 aromatic rings. The van der Waals surface area contributed by atoms with Crippen LogP contribution in [-0.4, -0.2) is 11.5 Å². The molecule has 0 saturated carbocycles. The Balaban J connectivity index is 2.90. The van der Waals surface area contributed by atoms with Gasteiger partial charge in [-0.15, -0.1) is 6.42 Å². The average molecular weight is 202 g/mol. The molecule has 0 radical (unpaired) electrons. The van der Waals surface area contributed by atoms with Crippen LogP contribution in [0.4, 0.5) is 0 Å². The molecule has 0 aliphatic carbocycles. The molecule has 1 heterocycles. The van der Waals surface area contributed by atoms with Gasteiger partial charge in [-0.1, -0.05) is 25.8 Å². The van der Waals surface area contributed by atoms with Crippen LogP contribution in [-0.2, 0) is 0 Å². The first-order valence-electron chi connectivity index (χ1n) is 5.25. The monoisotopic (exact) mass is 202 g/mol. The van der Waals surface area contributed by atoms with Crippen molar-refractivity contribution in [3.8, 4) is 12.3 Å². The van der Waals surface area contributed by atoms with Crippen LogP contribution in [0.5, 0.6) is 0 Å². The van der Waals surface area contributed by atoms with Crippen molar-refractivity contribution < 1.29 is 0 Å². The smallest absolute Gasteiger partial charge is 0.0605 e. The number of hydrogen-bond donors (Lipinski definition) is 1. The van der Waals surface area contributed by atoms with Gasteiger partial charge in [0.25, 0.3) is 0 Å². The van der Waals surface area contributed by atoms with E-state index in [1.54, 1.807) is 0 Å². The summed E-state index contributed by atoms with van der Waals surface area (Å²) in [6.07, 6.45) is 7.09. The van der Waals surface area contributed by atoms with Crippen molar-refractivity contribution in [2.45, 2.75) is 26.8 Å². The minimum Gasteiger partial charge on any atom is -0.298 e. The van der Waals surface area contributed by atoms with Crippen LogP contribution in [0, 0.1) is 25.2 Å². The van der Waals surface area contributed by atoms with Gasteiger partial charge in [0.2, 0.25) is 0 Å². The molecule has 0 aromatic carbocycles. The Hall–Kier alpha value is -1.33. The second kappa shape index (κ2) is 5.53. The lowest BCUT2D eigenvalue weighted by molar-refractivity contribution is 0.420. The fraction of sp³-hybridized carbons (Fsp3) is 0.462. The maximum Gasteiger partial charge on any atom is 0.0605 e. The Kier molecular flexibility index (Phi) is 4.33. The maximum absolute atomic E-state index is 5.26. The summed E-state index contributed by atoms with van der Waals surface area (Å²) in [5.74, 6) is 3.08. The molecule has 1 aromatic heterocycles. The molecule has 0 saturated heterocycles. The van der Waals surface area contributed by atoms with Crippen LogP contribution in [0.3, 0.4) is 0 Å². The predicted octanol–water partition coefficient (Wildman–Crippen LogP) is 2.31. The molecule has 0 aliphatic heterocycles. The zero-order valence-corrected chi connectivity index (χ0v) is 9.62. The summed E-state index contributed by atoms with van der Waals surface area (Å²) in [7, 11) is 0. The summed E-state index contributed by atoms with van der Waals surface area (Å²) in [6, 6.07) is 4.27. The molecule has 0 spiro atoms. The summed E-state index contributed by atoms with van der Waals surface area (Å²) < 4.78 is 0. The molecule has 80 valence electrons. The Morgan fingerprint density at radius 1 is 1.53 bits per heavy atom. The first-order valence-corrected chi connectivity index (χ1v) is 5.25. The van der Waals surface area contributed by atoms with E-state index in [0.717, 1.165) is 5.69 Å². The van der Waals surface area contributed by atoms with E-state index >= 15 is 0 Å². The highest BCUT2D eigenvalue weighted by Crippen LogP contribution is 2.21. The van der Waals surface area contributed by atoms with Gasteiger partial charge >= 0.3 is 0 Å². The van der Waals surface area contributed by atoms with Gasteiger partial charge in [0, 0.05) is 6.20 Å². The van der Waals surface area contributed by atoms with Crippen molar-refractivity contribution in [1.82, 2.24) is 10.3 Å². The topological polar surface area (TPSA) is 24.9 Å². The average Bonchev–Trinajstić information content (AvgIpc) is 2.20. The third-order valence-corrected chi connectivity index (χ3v) is 2.44. The second-order valence-corrected chi connectivity index (χ2v) is 4.01. The number of pyridine rings is 1. The molecule has 2 heteroatoms. The Morgan fingerprint density at radius 3 is 2.80 bits per heavy atom. The molecule has 0 amide bonds. The zero-order valence-electron chi connectivity index (χ0n) is 9.62. The van der Waals surface area contributed by atoms with Crippen LogP contribution < -0.4 is 5.32 Å². The number of nitrogens with one attached hydrogen (secondary N) is 1. The van der Waals surface area contributed by atoms with Gasteiger partial charge in [0.15, 0.2) is 0 Å². The van der Waals surface area contributed by atoms with Gasteiger partial charge < -0.3 is 0 Å². The zero-order chi connectivity index (χ0) is 11.3. The molecule has 2 nitrogen and oxygen atoms in total. The van der Waals surface area contributed by atoms with Crippen molar-refractivity contribution in [1.29, 1.82) is 0 Å². The minimum atomic E-state index is 0.238. The van der Waals surface area contributed by atoms with E-state index in [1.165, 1.54) is 5.56 Å². The molecule has 0 fully saturated rings. The van der Waals surface area contributed by atoms with Gasteiger partial charge in [-0.2, -0.15) is 0 Å². The lowest BCUT2D eigenvalue weighted by atomic mass is 9.97. The molecule has 0 aliphatic rings. The van der Waals surface area contributed by atoms with E-state index in [0.29, 0.717) is 12.5 Å². The highest BCUT2D eigenvalue weighted by atomic mass is 14.9. The van der Waals surface area contributed by atoms with Crippen LogP contribution >= 0.6 is 0 Å². The fourth-order valence-corrected chi connectivity index (χ4v) is 1.64. The third kappa shape index (κ3) is 3.07. The van der Waals surface area contributed by atoms with Crippen LogP contribution in [0.1, 0.15) is 31.1 Å². The van der Waals surface area contributed by atoms with E-state index in [9.17, 15) is 0 Å². The Labute approximate surface area is 92.1 Å². The van der Waals surface area contributed by atoms with Crippen LogP contribution in [0.25, 0.3) is 0 Å². The van der Waals surface area contributed by atoms with Crippen molar-refractivity contribution in [2.75, 3.05) is 6.54 Å². The lowest BCUT2D eigenvalue weighted by Crippen LogP contribution is -2.27. The van der Waals surface area contributed by atoms with Gasteiger partial charge in [0.1, 0.15) is 0 Å². The first kappa shape index (κ1) is 11.7. The molecule has 1 rings (SSSR count). The number of rotatable bonds is 4. The van der Waals surface area contributed by atoms with E-state index in [-0.39, 0.29) is 6.04 Å². The summed E-state index contributed by atoms with van der Waals surface area (Å²) in [5.41, 5.74) is 2.31. The number of nitrogens with zero attached hydrogens (tertiary/aromatic N) is 1. The number of hydrogen-bond acceptors (Lipinski definition) is 2. The minimum absolute atomic E-state index is 0.238. The molecule has 1 N–H and O–H groups in total. The van der Waals surface area contributed by atoms with Gasteiger partial charge in [-0.05, 0) is 24.5 Å². The number of aryl methyl sites for hydroxylation is 1. The van der Waals surface area contributed by atoms with Crippen molar-refractivity contribution in [3.05, 3.63) is 29.6 Å². The Morgan fingerprint density at radius 2 is 2.27 bits per heavy atom. The van der Waals surface area contributed by atoms with E-state index in [1.807, 2.05) is 12.3 Å². The van der Waals surface area contributed by atoms with Crippen molar-refractivity contribution >= 4 is 0 Å². The van der Waals surface area contributed by atoms with Crippen molar-refractivity contribution in [3.63, 3.8) is 0 Å². The fourth-order valence-electron chi connectivity index (χ4n) is 1.64. The molecule has 0 bridgehead atoms. The standard InChI is InChI=1S/C13H18N2/c1-5-8-14-12(10(2)3)13-11(4)7-6-9-15-13/h1,6-7,9-10,12,14H,8H2,2-4H3/t12-/m0/s1. The molecule has 15 heavy (non-hydrogen) atoms. The lowest BCUT2D eigenvalue weighted by Gasteiger charge is -2.22. The van der Waals surface area contributed by atoms with Crippen LogP contribution in [0.15, 0.2) is 18.3 Å². The SMILES string of the molecule is C#CCN[C@H](c1ncccc1C)C(C)C. The van der Waals surface area contributed by atoms with Crippen LogP contribution in [0.2, 0.25) is 0 Å². The maximum atomic E-state index is 5.26. The molecular weight excluding hydrogens is 184 g/mol. The normalized spacial score (nSPS) is 12.5. The van der Waals surface area contributed by atoms with Gasteiger partial charge in [-0.3, -0.25) is 10.3 Å². The predicted molar refractivity (Wildman–Crippen MR) is 63.4 cm³/mol. The van der Waals surface area contributed by atoms with E-state index in [4.69, 9.17) is 6.42 Å². The van der Waals surface area contributed by atoms with E-state index < -0.39 is 0 Å². The summed E-state index contributed by atoms with van der Waals surface area (Å²) in [4.78, 5) is 4.42. The van der Waals surface area contributed by atoms with E-state index in [2.05, 4.69) is 43.1 Å². The highest BCUT2D eigenvalue weighted by molar-refractivity contribution is 5.21. The summed E-state index contributed by atoms with van der Waals surface area (Å²) >= 11 is 0.